The third-order valence-corrected chi connectivity index (χ3v) is 1.54. The van der Waals surface area contributed by atoms with Crippen LogP contribution in [0.2, 0.25) is 0 Å². The zero-order chi connectivity index (χ0) is 8.04. The van der Waals surface area contributed by atoms with Gasteiger partial charge in [0.15, 0.2) is 0 Å². The minimum absolute atomic E-state index is 0. The van der Waals surface area contributed by atoms with Crippen LogP contribution >= 0.6 is 0 Å². The van der Waals surface area contributed by atoms with Gasteiger partial charge in [0, 0.05) is 0 Å². The van der Waals surface area contributed by atoms with Gasteiger partial charge in [0.2, 0.25) is 0 Å². The molecule has 0 aliphatic heterocycles. The molecule has 62 valence electrons. The summed E-state index contributed by atoms with van der Waals surface area (Å²) in [6.45, 7) is 2.00. The van der Waals surface area contributed by atoms with Gasteiger partial charge in [-0.05, 0) is 6.42 Å². The van der Waals surface area contributed by atoms with E-state index in [2.05, 4.69) is 0 Å². The maximum atomic E-state index is 10.1. The Morgan fingerprint density at radius 2 is 2.00 bits per heavy atom. The molecule has 3 nitrogen and oxygen atoms in total. The average Bonchev–Trinajstić information content (AvgIpc) is 1.78. The van der Waals surface area contributed by atoms with Gasteiger partial charge in [-0.3, -0.25) is 4.55 Å². The Morgan fingerprint density at radius 1 is 1.45 bits per heavy atom. The maximum Gasteiger partial charge on any atom is 1.00 e. The van der Waals surface area contributed by atoms with E-state index in [1.807, 2.05) is 6.92 Å². The molecule has 0 bridgehead atoms. The van der Waals surface area contributed by atoms with Crippen molar-refractivity contribution in [3.05, 3.63) is 12.2 Å². The van der Waals surface area contributed by atoms with Crippen LogP contribution in [-0.2, 0) is 10.1 Å². The van der Waals surface area contributed by atoms with Gasteiger partial charge in [0.05, 0.1) is 5.75 Å². The molecule has 0 atom stereocenters. The Bertz CT molecular complexity index is 201. The predicted octanol–water partition coefficient (Wildman–Crippen LogP) is -1.65. The summed E-state index contributed by atoms with van der Waals surface area (Å²) in [7, 11) is -3.79. The molecule has 0 aromatic heterocycles. The predicted molar refractivity (Wildman–Crippen MR) is 41.6 cm³/mol. The molecule has 0 amide bonds. The molecule has 0 spiro atoms. The van der Waals surface area contributed by atoms with Crippen molar-refractivity contribution in [2.75, 3.05) is 5.75 Å². The third kappa shape index (κ3) is 13.6. The number of unbranched alkanes of at least 4 members (excludes halogenated alkanes) is 1. The number of rotatable bonds is 4. The van der Waals surface area contributed by atoms with Crippen molar-refractivity contribution in [2.45, 2.75) is 19.8 Å². The first-order valence-electron chi connectivity index (χ1n) is 3.16. The molecule has 0 aliphatic rings. The summed E-state index contributed by atoms with van der Waals surface area (Å²) >= 11 is 0. The molecule has 0 rings (SSSR count). The van der Waals surface area contributed by atoms with Crippen molar-refractivity contribution in [2.24, 2.45) is 0 Å². The topological polar surface area (TPSA) is 54.4 Å². The van der Waals surface area contributed by atoms with E-state index >= 15 is 0 Å². The van der Waals surface area contributed by atoms with Crippen LogP contribution in [0.15, 0.2) is 12.2 Å². The summed E-state index contributed by atoms with van der Waals surface area (Å²) in [4.78, 5) is 0. The van der Waals surface area contributed by atoms with E-state index in [9.17, 15) is 8.42 Å². The van der Waals surface area contributed by atoms with Crippen molar-refractivity contribution in [3.63, 3.8) is 0 Å². The fourth-order valence-electron chi connectivity index (χ4n) is 0.474. The summed E-state index contributed by atoms with van der Waals surface area (Å²) < 4.78 is 28.4. The third-order valence-electron chi connectivity index (χ3n) is 0.929. The molecular weight excluding hydrogens is 175 g/mol. The second-order valence-electron chi connectivity index (χ2n) is 2.01. The molecule has 0 saturated carbocycles. The Hall–Kier alpha value is 0.650. The van der Waals surface area contributed by atoms with Crippen molar-refractivity contribution in [3.8, 4) is 0 Å². The van der Waals surface area contributed by atoms with Crippen LogP contribution in [0.5, 0.6) is 0 Å². The smallest absolute Gasteiger partial charge is 1.00 e. The molecule has 0 aromatic rings. The van der Waals surface area contributed by atoms with E-state index in [-0.39, 0.29) is 36.7 Å². The Labute approximate surface area is 91.4 Å². The SMILES string of the molecule is CCCC=CCS(=O)(=O)O.[H-].[Na+]. The molecule has 0 radical (unpaired) electrons. The van der Waals surface area contributed by atoms with Crippen molar-refractivity contribution >= 4 is 10.1 Å². The van der Waals surface area contributed by atoms with Crippen LogP contribution in [0.1, 0.15) is 21.2 Å². The monoisotopic (exact) mass is 188 g/mol. The average molecular weight is 188 g/mol. The molecule has 5 heteroatoms. The van der Waals surface area contributed by atoms with E-state index in [1.165, 1.54) is 6.08 Å². The molecule has 0 unspecified atom stereocenters. The fourth-order valence-corrected chi connectivity index (χ4v) is 0.853. The van der Waals surface area contributed by atoms with Gasteiger partial charge in [-0.25, -0.2) is 0 Å². The maximum absolute atomic E-state index is 10.1. The number of hydrogen-bond donors (Lipinski definition) is 1. The van der Waals surface area contributed by atoms with Gasteiger partial charge in [-0.2, -0.15) is 8.42 Å². The summed E-state index contributed by atoms with van der Waals surface area (Å²) in [5, 5.41) is 0. The Kier molecular flexibility index (Phi) is 9.43. The van der Waals surface area contributed by atoms with E-state index in [1.54, 1.807) is 6.08 Å². The number of hydrogen-bond acceptors (Lipinski definition) is 2. The normalized spacial score (nSPS) is 11.5. The van der Waals surface area contributed by atoms with Gasteiger partial charge in [-0.15, -0.1) is 0 Å². The van der Waals surface area contributed by atoms with E-state index in [0.29, 0.717) is 0 Å². The number of allylic oxidation sites excluding steroid dienone is 1. The zero-order valence-corrected chi connectivity index (χ0v) is 9.76. The second kappa shape index (κ2) is 7.31. The van der Waals surface area contributed by atoms with Crippen LogP contribution in [0.3, 0.4) is 0 Å². The summed E-state index contributed by atoms with van der Waals surface area (Å²) in [5.74, 6) is -0.271. The van der Waals surface area contributed by atoms with E-state index < -0.39 is 10.1 Å². The quantitative estimate of drug-likeness (QED) is 0.326. The summed E-state index contributed by atoms with van der Waals surface area (Å²) in [6.07, 6.45) is 5.05. The van der Waals surface area contributed by atoms with Gasteiger partial charge in [0.1, 0.15) is 0 Å². The van der Waals surface area contributed by atoms with Crippen molar-refractivity contribution < 1.29 is 44.0 Å². The molecule has 0 fully saturated rings. The largest absolute Gasteiger partial charge is 1.00 e. The molecule has 0 heterocycles. The minimum atomic E-state index is -3.79. The summed E-state index contributed by atoms with van der Waals surface area (Å²) in [5.41, 5.74) is 0. The van der Waals surface area contributed by atoms with Crippen LogP contribution in [0.25, 0.3) is 0 Å². The Morgan fingerprint density at radius 3 is 2.36 bits per heavy atom. The van der Waals surface area contributed by atoms with Gasteiger partial charge < -0.3 is 1.43 Å². The molecule has 0 saturated heterocycles. The van der Waals surface area contributed by atoms with Crippen LogP contribution < -0.4 is 29.6 Å². The van der Waals surface area contributed by atoms with Gasteiger partial charge in [-0.1, -0.05) is 25.5 Å². The van der Waals surface area contributed by atoms with Gasteiger partial charge in [0.25, 0.3) is 10.1 Å². The van der Waals surface area contributed by atoms with Crippen LogP contribution in [0, 0.1) is 0 Å². The molecule has 0 aliphatic carbocycles. The van der Waals surface area contributed by atoms with E-state index in [4.69, 9.17) is 4.55 Å². The van der Waals surface area contributed by atoms with Crippen molar-refractivity contribution in [1.29, 1.82) is 0 Å². The van der Waals surface area contributed by atoms with Crippen molar-refractivity contribution in [1.82, 2.24) is 0 Å². The fraction of sp³-hybridized carbons (Fsp3) is 0.667. The molecule has 11 heavy (non-hydrogen) atoms. The van der Waals surface area contributed by atoms with Crippen LogP contribution in [0.4, 0.5) is 0 Å². The standard InChI is InChI=1S/C6H12O3S.Na.H/c1-2-3-4-5-6-10(7,8)9;;/h4-5H,2-3,6H2,1H3,(H,7,8,9);;/q;+1;-1. The van der Waals surface area contributed by atoms with Gasteiger partial charge >= 0.3 is 29.6 Å². The Balaban J connectivity index is -0.000000405. The molecule has 0 aromatic carbocycles. The first-order chi connectivity index (χ1) is 4.56. The minimum Gasteiger partial charge on any atom is -1.00 e. The first-order valence-corrected chi connectivity index (χ1v) is 4.77. The first kappa shape index (κ1) is 14.2. The second-order valence-corrected chi connectivity index (χ2v) is 3.51. The van der Waals surface area contributed by atoms with Crippen LogP contribution in [-0.4, -0.2) is 18.7 Å². The van der Waals surface area contributed by atoms with E-state index in [0.717, 1.165) is 12.8 Å². The zero-order valence-electron chi connectivity index (χ0n) is 7.95. The molecular formula is C6H13NaO3S. The molecule has 1 N–H and O–H groups in total. The summed E-state index contributed by atoms with van der Waals surface area (Å²) in [6, 6.07) is 0.